The fraction of sp³-hybridized carbons (Fsp3) is 0.176. The molecule has 25 heavy (non-hydrogen) atoms. The largest absolute Gasteiger partial charge is 0.322 e. The van der Waals surface area contributed by atoms with Gasteiger partial charge in [0.15, 0.2) is 0 Å². The van der Waals surface area contributed by atoms with Gasteiger partial charge in [0.05, 0.1) is 33.5 Å². The summed E-state index contributed by atoms with van der Waals surface area (Å²) < 4.78 is 0. The molecule has 2 atom stereocenters. The summed E-state index contributed by atoms with van der Waals surface area (Å²) in [5.74, 6) is -0.962. The van der Waals surface area contributed by atoms with Gasteiger partial charge in [0.2, 0.25) is 5.91 Å². The van der Waals surface area contributed by atoms with Crippen LogP contribution in [-0.2, 0) is 4.79 Å². The lowest BCUT2D eigenvalue weighted by Gasteiger charge is -2.10. The first-order chi connectivity index (χ1) is 12.0. The predicted molar refractivity (Wildman–Crippen MR) is 94.5 cm³/mol. The van der Waals surface area contributed by atoms with Crippen molar-refractivity contribution in [2.24, 2.45) is 11.8 Å². The van der Waals surface area contributed by atoms with E-state index in [0.29, 0.717) is 12.1 Å². The fourth-order valence-electron chi connectivity index (χ4n) is 2.33. The second-order valence-corrected chi connectivity index (χ2v) is 6.36. The highest BCUT2D eigenvalue weighted by atomic mass is 35.5. The van der Waals surface area contributed by atoms with Crippen LogP contribution >= 0.6 is 23.2 Å². The summed E-state index contributed by atoms with van der Waals surface area (Å²) in [6.07, 6.45) is 2.01. The maximum absolute atomic E-state index is 12.4. The second kappa shape index (κ2) is 7.09. The van der Waals surface area contributed by atoms with E-state index in [1.807, 2.05) is 0 Å². The number of nitriles is 1. The Morgan fingerprint density at radius 3 is 2.56 bits per heavy atom. The van der Waals surface area contributed by atoms with Gasteiger partial charge in [-0.3, -0.25) is 9.59 Å². The van der Waals surface area contributed by atoms with Crippen molar-refractivity contribution in [3.05, 3.63) is 52.1 Å². The smallest absolute Gasteiger partial charge is 0.258 e. The normalized spacial score (nSPS) is 18.1. The van der Waals surface area contributed by atoms with Gasteiger partial charge in [0.25, 0.3) is 5.91 Å². The fourth-order valence-corrected chi connectivity index (χ4v) is 2.90. The van der Waals surface area contributed by atoms with E-state index in [2.05, 4.69) is 21.7 Å². The number of pyridine rings is 1. The summed E-state index contributed by atoms with van der Waals surface area (Å²) in [5.41, 5.74) is 0.599. The van der Waals surface area contributed by atoms with E-state index in [4.69, 9.17) is 28.5 Å². The van der Waals surface area contributed by atoms with Gasteiger partial charge >= 0.3 is 0 Å². The molecule has 8 heteroatoms. The molecule has 1 aliphatic carbocycles. The zero-order chi connectivity index (χ0) is 18.0. The molecular formula is C17H12Cl2N4O2. The maximum Gasteiger partial charge on any atom is 0.258 e. The Balaban J connectivity index is 1.71. The van der Waals surface area contributed by atoms with Crippen molar-refractivity contribution in [1.82, 2.24) is 4.98 Å². The average molecular weight is 375 g/mol. The molecule has 0 saturated heterocycles. The molecular weight excluding hydrogens is 363 g/mol. The summed E-state index contributed by atoms with van der Waals surface area (Å²) >= 11 is 12.0. The lowest BCUT2D eigenvalue weighted by Crippen LogP contribution is -2.17. The Kier molecular flexibility index (Phi) is 4.88. The highest BCUT2D eigenvalue weighted by Crippen LogP contribution is 2.38. The number of nitrogens with one attached hydrogen (secondary N) is 2. The highest BCUT2D eigenvalue weighted by Gasteiger charge is 2.43. The lowest BCUT2D eigenvalue weighted by molar-refractivity contribution is -0.117. The van der Waals surface area contributed by atoms with Gasteiger partial charge in [-0.15, -0.1) is 0 Å². The van der Waals surface area contributed by atoms with Crippen molar-refractivity contribution < 1.29 is 9.59 Å². The zero-order valence-corrected chi connectivity index (χ0v) is 14.3. The first-order valence-electron chi connectivity index (χ1n) is 7.41. The minimum atomic E-state index is -0.467. The number of carbonyl (C=O) groups excluding carboxylic acids is 2. The number of hydrogen-bond acceptors (Lipinski definition) is 4. The SMILES string of the molecule is N#C[C@@H]1C[C@H]1C(=O)Nc1cc(NC(=O)c2c(Cl)cccc2Cl)ccn1. The molecule has 0 bridgehead atoms. The van der Waals surface area contributed by atoms with Crippen LogP contribution in [0.1, 0.15) is 16.8 Å². The number of nitrogens with zero attached hydrogens (tertiary/aromatic N) is 2. The third-order valence-electron chi connectivity index (χ3n) is 3.75. The van der Waals surface area contributed by atoms with Crippen molar-refractivity contribution in [1.29, 1.82) is 5.26 Å². The molecule has 0 spiro atoms. The minimum absolute atomic E-state index is 0.170. The van der Waals surface area contributed by atoms with Gasteiger partial charge in [0.1, 0.15) is 5.82 Å². The van der Waals surface area contributed by atoms with Crippen LogP contribution in [0.15, 0.2) is 36.5 Å². The molecule has 1 aliphatic rings. The summed E-state index contributed by atoms with van der Waals surface area (Å²) in [6, 6.07) is 9.94. The van der Waals surface area contributed by atoms with E-state index in [1.165, 1.54) is 12.3 Å². The highest BCUT2D eigenvalue weighted by molar-refractivity contribution is 6.40. The van der Waals surface area contributed by atoms with E-state index >= 15 is 0 Å². The second-order valence-electron chi connectivity index (χ2n) is 5.55. The Morgan fingerprint density at radius 2 is 1.92 bits per heavy atom. The third kappa shape index (κ3) is 3.90. The minimum Gasteiger partial charge on any atom is -0.322 e. The van der Waals surface area contributed by atoms with Crippen molar-refractivity contribution in [3.8, 4) is 6.07 Å². The van der Waals surface area contributed by atoms with Crippen LogP contribution in [-0.4, -0.2) is 16.8 Å². The van der Waals surface area contributed by atoms with Crippen LogP contribution in [0.5, 0.6) is 0 Å². The van der Waals surface area contributed by atoms with Crippen LogP contribution in [0.25, 0.3) is 0 Å². The topological polar surface area (TPSA) is 94.9 Å². The van der Waals surface area contributed by atoms with E-state index in [0.717, 1.165) is 0 Å². The van der Waals surface area contributed by atoms with E-state index in [1.54, 1.807) is 24.3 Å². The van der Waals surface area contributed by atoms with Crippen LogP contribution in [0.2, 0.25) is 10.0 Å². The van der Waals surface area contributed by atoms with Crippen LogP contribution in [0, 0.1) is 23.2 Å². The van der Waals surface area contributed by atoms with Gasteiger partial charge in [-0.1, -0.05) is 29.3 Å². The molecule has 1 aromatic carbocycles. The average Bonchev–Trinajstić information content (AvgIpc) is 3.35. The summed E-state index contributed by atoms with van der Waals surface area (Å²) in [6.45, 7) is 0. The molecule has 3 rings (SSSR count). The van der Waals surface area contributed by atoms with Crippen molar-refractivity contribution in [2.75, 3.05) is 10.6 Å². The molecule has 2 aromatic rings. The number of benzene rings is 1. The molecule has 1 saturated carbocycles. The molecule has 0 aliphatic heterocycles. The molecule has 6 nitrogen and oxygen atoms in total. The zero-order valence-electron chi connectivity index (χ0n) is 12.8. The molecule has 2 amide bonds. The van der Waals surface area contributed by atoms with Crippen LogP contribution < -0.4 is 10.6 Å². The number of rotatable bonds is 4. The standard InChI is InChI=1S/C17H12Cl2N4O2/c18-12-2-1-3-13(19)15(12)17(25)22-10-4-5-21-14(7-10)23-16(24)11-6-9(11)8-20/h1-5,7,9,11H,6H2,(H2,21,22,23,24,25)/t9-,11+/m0/s1. The van der Waals surface area contributed by atoms with Gasteiger partial charge in [-0.25, -0.2) is 4.98 Å². The molecule has 2 N–H and O–H groups in total. The van der Waals surface area contributed by atoms with Crippen LogP contribution in [0.4, 0.5) is 11.5 Å². The number of anilines is 2. The Hall–Kier alpha value is -2.62. The molecule has 1 aromatic heterocycles. The predicted octanol–water partition coefficient (Wildman–Crippen LogP) is 3.74. The summed E-state index contributed by atoms with van der Waals surface area (Å²) in [7, 11) is 0. The van der Waals surface area contributed by atoms with E-state index in [9.17, 15) is 9.59 Å². The monoisotopic (exact) mass is 374 g/mol. The first-order valence-corrected chi connectivity index (χ1v) is 8.17. The van der Waals surface area contributed by atoms with Gasteiger partial charge in [0, 0.05) is 18.0 Å². The maximum atomic E-state index is 12.4. The summed E-state index contributed by atoms with van der Waals surface area (Å²) in [5, 5.41) is 14.6. The third-order valence-corrected chi connectivity index (χ3v) is 4.38. The molecule has 1 fully saturated rings. The van der Waals surface area contributed by atoms with Crippen molar-refractivity contribution in [2.45, 2.75) is 6.42 Å². The van der Waals surface area contributed by atoms with Crippen molar-refractivity contribution >= 4 is 46.5 Å². The Labute approximate surface area is 153 Å². The number of carbonyl (C=O) groups is 2. The Bertz CT molecular complexity index is 874. The molecule has 1 heterocycles. The van der Waals surface area contributed by atoms with Gasteiger partial charge in [-0.05, 0) is 24.6 Å². The number of halogens is 2. The van der Waals surface area contributed by atoms with E-state index < -0.39 is 5.91 Å². The van der Waals surface area contributed by atoms with Crippen molar-refractivity contribution in [3.63, 3.8) is 0 Å². The van der Waals surface area contributed by atoms with E-state index in [-0.39, 0.29) is 39.2 Å². The molecule has 0 radical (unpaired) electrons. The van der Waals surface area contributed by atoms with Crippen LogP contribution in [0.3, 0.4) is 0 Å². The number of amides is 2. The lowest BCUT2D eigenvalue weighted by atomic mass is 10.2. The quantitative estimate of drug-likeness (QED) is 0.851. The number of aromatic nitrogens is 1. The van der Waals surface area contributed by atoms with Gasteiger partial charge in [-0.2, -0.15) is 5.26 Å². The molecule has 126 valence electrons. The first kappa shape index (κ1) is 17.2. The number of hydrogen-bond donors (Lipinski definition) is 2. The molecule has 0 unspecified atom stereocenters. The van der Waals surface area contributed by atoms with Gasteiger partial charge < -0.3 is 10.6 Å². The summed E-state index contributed by atoms with van der Waals surface area (Å²) in [4.78, 5) is 28.4. The Morgan fingerprint density at radius 1 is 1.20 bits per heavy atom.